The number of unbranched alkanes of at least 4 members (excludes halogenated alkanes) is 18. The van der Waals surface area contributed by atoms with Gasteiger partial charge in [-0.3, -0.25) is 0 Å². The van der Waals surface area contributed by atoms with Gasteiger partial charge in [-0.25, -0.2) is 28.8 Å². The summed E-state index contributed by atoms with van der Waals surface area (Å²) >= 11 is 0. The standard InChI is InChI=1S/C108H132O18/c1-13-19-25-31-37-73(7)115-85-55-43-79(44-56-85)103(109)121-97-67-91-92(68-98(97)122-104(110)80-45-57-86(58-46-80)116-74(8)38-32-26-20-14-2)94-70-100(124-106(112)82-49-61-88(62-50-82)118-76(10)40-34-28-22-16-4)102(126-108(114)84-53-65-90(66-54-84)120-78(12)42-36-30-24-18-6)72-96(94)95-71-101(125-107(113)83-51-63-89(64-52-83)119-77(11)41-35-29-23-17-5)99(69-93(91)95)123-105(111)81-47-59-87(60-48-81)117-75(9)39-33-27-21-15-3/h43-78H,13-42H2,1-12H3. The molecule has 0 saturated carbocycles. The van der Waals surface area contributed by atoms with E-state index in [1.54, 1.807) is 146 Å². The predicted octanol–water partition coefficient (Wildman–Crippen LogP) is 28.9. The Hall–Kier alpha value is -11.4. The summed E-state index contributed by atoms with van der Waals surface area (Å²) in [5.74, 6) is -2.98. The van der Waals surface area contributed by atoms with Crippen molar-refractivity contribution in [3.8, 4) is 69.0 Å². The molecule has 126 heavy (non-hydrogen) atoms. The van der Waals surface area contributed by atoms with Gasteiger partial charge in [-0.1, -0.05) is 157 Å². The van der Waals surface area contributed by atoms with Crippen LogP contribution < -0.4 is 56.8 Å². The van der Waals surface area contributed by atoms with Gasteiger partial charge in [0.2, 0.25) is 0 Å². The molecule has 6 unspecified atom stereocenters. The van der Waals surface area contributed by atoms with Gasteiger partial charge in [0.15, 0.2) is 34.5 Å². The first kappa shape index (κ1) is 96.8. The molecule has 10 aromatic rings. The van der Waals surface area contributed by atoms with Gasteiger partial charge >= 0.3 is 35.8 Å². The molecule has 672 valence electrons. The molecular formula is C108H132O18. The lowest BCUT2D eigenvalue weighted by Gasteiger charge is -2.19. The smallest absolute Gasteiger partial charge is 0.343 e. The van der Waals surface area contributed by atoms with Crippen LogP contribution in [0.5, 0.6) is 69.0 Å². The highest BCUT2D eigenvalue weighted by molar-refractivity contribution is 6.27. The lowest BCUT2D eigenvalue weighted by molar-refractivity contribution is 0.0682. The molecule has 0 radical (unpaired) electrons. The van der Waals surface area contributed by atoms with Gasteiger partial charge in [0.25, 0.3) is 0 Å². The second-order valence-electron chi connectivity index (χ2n) is 33.7. The average Bonchev–Trinajstić information content (AvgIpc) is 0.721. The van der Waals surface area contributed by atoms with E-state index in [-0.39, 0.29) is 137 Å². The molecule has 0 N–H and O–H groups in total. The third-order valence-electron chi connectivity index (χ3n) is 22.7. The fraction of sp³-hybridized carbons (Fsp3) is 0.444. The summed E-state index contributed by atoms with van der Waals surface area (Å²) in [6.07, 6.45) is 30.7. The Morgan fingerprint density at radius 2 is 0.317 bits per heavy atom. The first-order chi connectivity index (χ1) is 61.1. The van der Waals surface area contributed by atoms with E-state index in [0.717, 1.165) is 193 Å². The number of rotatable bonds is 54. The van der Waals surface area contributed by atoms with Crippen LogP contribution in [0.25, 0.3) is 32.3 Å². The van der Waals surface area contributed by atoms with Crippen molar-refractivity contribution in [2.75, 3.05) is 0 Å². The van der Waals surface area contributed by atoms with Crippen molar-refractivity contribution in [3.05, 3.63) is 215 Å². The maximum Gasteiger partial charge on any atom is 0.343 e. The lowest BCUT2D eigenvalue weighted by atomic mass is 9.93. The minimum absolute atomic E-state index is 0.0923. The molecule has 6 atom stereocenters. The van der Waals surface area contributed by atoms with E-state index >= 15 is 28.8 Å². The zero-order valence-electron chi connectivity index (χ0n) is 76.3. The van der Waals surface area contributed by atoms with Crippen LogP contribution in [-0.2, 0) is 0 Å². The SMILES string of the molecule is CCCCCCC(C)Oc1ccc(C(=O)Oc2cc3c4cc(OC(=O)c5ccc(OC(C)CCCCCC)cc5)c(OC(=O)c5ccc(OC(C)CCCCCC)cc5)cc4c4cc(OC(=O)c5ccc(OC(C)CCCCCC)cc5)c(OC(=O)c5ccc(OC(C)CCCCCC)cc5)cc4c3cc2OC(=O)c2ccc(OC(C)CCCCCC)cc2)cc1. The largest absolute Gasteiger partial charge is 0.491 e. The Morgan fingerprint density at radius 1 is 0.190 bits per heavy atom. The summed E-state index contributed by atoms with van der Waals surface area (Å²) in [4.78, 5) is 90.1. The topological polar surface area (TPSA) is 213 Å². The molecular weight excluding hydrogens is 1590 g/mol. The minimum atomic E-state index is -0.828. The summed E-state index contributed by atoms with van der Waals surface area (Å²) in [5, 5.41) is 1.71. The van der Waals surface area contributed by atoms with Crippen molar-refractivity contribution in [1.29, 1.82) is 0 Å². The lowest BCUT2D eigenvalue weighted by Crippen LogP contribution is -2.14. The number of hydrogen-bond donors (Lipinski definition) is 0. The van der Waals surface area contributed by atoms with Crippen LogP contribution in [0.3, 0.4) is 0 Å². The molecule has 0 aliphatic rings. The maximum atomic E-state index is 15.0. The number of carbonyl (C=O) groups is 6. The first-order valence-electron chi connectivity index (χ1n) is 46.6. The van der Waals surface area contributed by atoms with Crippen LogP contribution in [-0.4, -0.2) is 72.4 Å². The zero-order valence-corrected chi connectivity index (χ0v) is 76.3. The van der Waals surface area contributed by atoms with Gasteiger partial charge in [-0.2, -0.15) is 0 Å². The number of hydrogen-bond acceptors (Lipinski definition) is 18. The van der Waals surface area contributed by atoms with Gasteiger partial charge in [0.1, 0.15) is 34.5 Å². The van der Waals surface area contributed by atoms with Crippen LogP contribution in [0.15, 0.2) is 182 Å². The van der Waals surface area contributed by atoms with Crippen LogP contribution in [0.2, 0.25) is 0 Å². The fourth-order valence-electron chi connectivity index (χ4n) is 15.4. The molecule has 18 heteroatoms. The monoisotopic (exact) mass is 1720 g/mol. The summed E-state index contributed by atoms with van der Waals surface area (Å²) in [5.41, 5.74) is 0.809. The molecule has 0 bridgehead atoms. The first-order valence-corrected chi connectivity index (χ1v) is 46.6. The van der Waals surface area contributed by atoms with E-state index < -0.39 is 35.8 Å². The molecule has 0 aromatic heterocycles. The van der Waals surface area contributed by atoms with Crippen molar-refractivity contribution in [2.24, 2.45) is 0 Å². The fourth-order valence-corrected chi connectivity index (χ4v) is 15.4. The second-order valence-corrected chi connectivity index (χ2v) is 33.7. The number of ether oxygens (including phenoxy) is 12. The molecule has 0 aliphatic heterocycles. The van der Waals surface area contributed by atoms with E-state index in [0.29, 0.717) is 34.5 Å². The minimum Gasteiger partial charge on any atom is -0.491 e. The third kappa shape index (κ3) is 29.9. The summed E-state index contributed by atoms with van der Waals surface area (Å²) in [7, 11) is 0. The van der Waals surface area contributed by atoms with Crippen molar-refractivity contribution in [1.82, 2.24) is 0 Å². The highest BCUT2D eigenvalue weighted by atomic mass is 16.6. The molecule has 10 rings (SSSR count). The third-order valence-corrected chi connectivity index (χ3v) is 22.7. The van der Waals surface area contributed by atoms with Crippen LogP contribution in [0.4, 0.5) is 0 Å². The Labute approximate surface area is 746 Å². The van der Waals surface area contributed by atoms with E-state index in [1.807, 2.05) is 41.5 Å². The van der Waals surface area contributed by atoms with Crippen LogP contribution >= 0.6 is 0 Å². The predicted molar refractivity (Wildman–Crippen MR) is 500 cm³/mol. The summed E-state index contributed by atoms with van der Waals surface area (Å²) in [6.45, 7) is 25.1. The van der Waals surface area contributed by atoms with Crippen LogP contribution in [0, 0.1) is 0 Å². The van der Waals surface area contributed by atoms with Crippen molar-refractivity contribution < 1.29 is 85.6 Å². The van der Waals surface area contributed by atoms with Gasteiger partial charge in [0, 0.05) is 0 Å². The van der Waals surface area contributed by atoms with E-state index in [4.69, 9.17) is 56.8 Å². The van der Waals surface area contributed by atoms with E-state index in [9.17, 15) is 0 Å². The average molecular weight is 1720 g/mol. The Kier molecular flexibility index (Phi) is 38.9. The van der Waals surface area contributed by atoms with Crippen LogP contribution in [0.1, 0.15) is 338 Å². The maximum absolute atomic E-state index is 15.0. The zero-order chi connectivity index (χ0) is 89.7. The number of esters is 6. The molecule has 0 aliphatic carbocycles. The molecule has 0 heterocycles. The van der Waals surface area contributed by atoms with Gasteiger partial charge < -0.3 is 56.8 Å². The molecule has 18 nitrogen and oxygen atoms in total. The number of benzene rings is 10. The van der Waals surface area contributed by atoms with Gasteiger partial charge in [-0.05, 0) is 333 Å². The van der Waals surface area contributed by atoms with Crippen molar-refractivity contribution in [3.63, 3.8) is 0 Å². The molecule has 0 spiro atoms. The Balaban J connectivity index is 1.17. The highest BCUT2D eigenvalue weighted by Gasteiger charge is 2.28. The Morgan fingerprint density at radius 3 is 0.437 bits per heavy atom. The van der Waals surface area contributed by atoms with Gasteiger partial charge in [0.05, 0.1) is 70.0 Å². The number of carbonyl (C=O) groups excluding carboxylic acids is 6. The highest BCUT2D eigenvalue weighted by Crippen LogP contribution is 2.49. The van der Waals surface area contributed by atoms with E-state index in [1.165, 1.54) is 36.4 Å². The molecule has 0 amide bonds. The molecule has 0 saturated heterocycles. The quantitative estimate of drug-likeness (QED) is 0.0150. The van der Waals surface area contributed by atoms with E-state index in [2.05, 4.69) is 41.5 Å². The molecule has 0 fully saturated rings. The van der Waals surface area contributed by atoms with Crippen molar-refractivity contribution >= 4 is 68.1 Å². The second kappa shape index (κ2) is 50.7. The molecule has 10 aromatic carbocycles. The normalized spacial score (nSPS) is 12.8. The Bertz CT molecular complexity index is 4240. The van der Waals surface area contributed by atoms with Gasteiger partial charge in [-0.15, -0.1) is 0 Å². The summed E-state index contributed by atoms with van der Waals surface area (Å²) in [6, 6.07) is 48.8. The summed E-state index contributed by atoms with van der Waals surface area (Å²) < 4.78 is 76.8. The number of fused-ring (bicyclic) bond motifs is 6. The van der Waals surface area contributed by atoms with Crippen molar-refractivity contribution in [2.45, 2.75) is 312 Å².